The molecule has 0 aromatic carbocycles. The van der Waals surface area contributed by atoms with Gasteiger partial charge in [0.05, 0.1) is 0 Å². The molecule has 6 nitrogen and oxygen atoms in total. The predicted octanol–water partition coefficient (Wildman–Crippen LogP) is 15.0. The van der Waals surface area contributed by atoms with Gasteiger partial charge in [0, 0.05) is 19.3 Å². The van der Waals surface area contributed by atoms with Gasteiger partial charge in [0.15, 0.2) is 6.10 Å². The fourth-order valence-corrected chi connectivity index (χ4v) is 6.91. The number of carbonyl (C=O) groups excluding carboxylic acids is 3. The zero-order valence-electron chi connectivity index (χ0n) is 36.3. The zero-order valence-corrected chi connectivity index (χ0v) is 36.3. The number of carbonyl (C=O) groups is 3. The topological polar surface area (TPSA) is 78.9 Å². The Balaban J connectivity index is 4.34. The van der Waals surface area contributed by atoms with Gasteiger partial charge in [-0.2, -0.15) is 0 Å². The molecule has 0 spiro atoms. The van der Waals surface area contributed by atoms with E-state index < -0.39 is 6.10 Å². The van der Waals surface area contributed by atoms with Crippen LogP contribution in [0.3, 0.4) is 0 Å². The average molecular weight is 763 g/mol. The van der Waals surface area contributed by atoms with E-state index in [1.165, 1.54) is 154 Å². The molecule has 0 aliphatic carbocycles. The van der Waals surface area contributed by atoms with E-state index in [1.807, 2.05) is 0 Å². The maximum absolute atomic E-state index is 12.7. The van der Waals surface area contributed by atoms with Gasteiger partial charge in [0.2, 0.25) is 0 Å². The second-order valence-corrected chi connectivity index (χ2v) is 16.0. The van der Waals surface area contributed by atoms with Crippen molar-refractivity contribution in [2.24, 2.45) is 0 Å². The highest BCUT2D eigenvalue weighted by Crippen LogP contribution is 2.15. The number of allylic oxidation sites excluding steroid dienone is 2. The molecule has 0 aromatic rings. The Bertz CT molecular complexity index is 839. The van der Waals surface area contributed by atoms with Crippen molar-refractivity contribution in [3.63, 3.8) is 0 Å². The van der Waals surface area contributed by atoms with Crippen LogP contribution in [0.2, 0.25) is 0 Å². The standard InChI is InChI=1S/C48H90O6/c1-4-7-10-13-16-19-22-24-25-27-29-32-35-38-41-47(50)53-44-45(43-52-46(49)40-37-34-31-28-21-18-15-12-9-6-3)54-48(51)42-39-36-33-30-26-23-20-17-14-11-8-5-2/h22,24,45H,4-21,23,25-44H2,1-3H3/b24-22-. The first-order valence-corrected chi connectivity index (χ1v) is 23.7. The van der Waals surface area contributed by atoms with Crippen LogP contribution < -0.4 is 0 Å². The Morgan fingerprint density at radius 2 is 0.611 bits per heavy atom. The fraction of sp³-hybridized carbons (Fsp3) is 0.896. The molecule has 0 saturated carbocycles. The van der Waals surface area contributed by atoms with Gasteiger partial charge < -0.3 is 14.2 Å². The first-order chi connectivity index (χ1) is 26.5. The highest BCUT2D eigenvalue weighted by Gasteiger charge is 2.19. The Morgan fingerprint density at radius 3 is 0.926 bits per heavy atom. The molecular weight excluding hydrogens is 673 g/mol. The molecule has 6 heteroatoms. The van der Waals surface area contributed by atoms with Crippen LogP contribution in [-0.2, 0) is 28.6 Å². The molecule has 54 heavy (non-hydrogen) atoms. The number of esters is 3. The zero-order chi connectivity index (χ0) is 39.4. The van der Waals surface area contributed by atoms with Gasteiger partial charge in [-0.05, 0) is 44.9 Å². The van der Waals surface area contributed by atoms with Gasteiger partial charge in [0.25, 0.3) is 0 Å². The van der Waals surface area contributed by atoms with Crippen molar-refractivity contribution in [1.82, 2.24) is 0 Å². The SMILES string of the molecule is CCCCCCC/C=C\CCCCCCCC(=O)OCC(COC(=O)CCCCCCCCCCCC)OC(=O)CCCCCCCCCCCCCC. The van der Waals surface area contributed by atoms with Gasteiger partial charge in [-0.3, -0.25) is 14.4 Å². The van der Waals surface area contributed by atoms with Gasteiger partial charge in [0.1, 0.15) is 13.2 Å². The summed E-state index contributed by atoms with van der Waals surface area (Å²) >= 11 is 0. The van der Waals surface area contributed by atoms with E-state index in [4.69, 9.17) is 14.2 Å². The number of hydrogen-bond acceptors (Lipinski definition) is 6. The monoisotopic (exact) mass is 763 g/mol. The molecule has 0 amide bonds. The molecule has 1 atom stereocenters. The molecule has 0 saturated heterocycles. The normalized spacial score (nSPS) is 12.0. The molecule has 0 heterocycles. The highest BCUT2D eigenvalue weighted by atomic mass is 16.6. The van der Waals surface area contributed by atoms with Gasteiger partial charge >= 0.3 is 17.9 Å². The third-order valence-corrected chi connectivity index (χ3v) is 10.5. The summed E-state index contributed by atoms with van der Waals surface area (Å²) < 4.78 is 16.7. The summed E-state index contributed by atoms with van der Waals surface area (Å²) in [6.45, 7) is 6.62. The van der Waals surface area contributed by atoms with Crippen LogP contribution in [0.15, 0.2) is 12.2 Å². The number of unbranched alkanes of at least 4 members (excludes halogenated alkanes) is 30. The second-order valence-electron chi connectivity index (χ2n) is 16.0. The van der Waals surface area contributed by atoms with Crippen molar-refractivity contribution < 1.29 is 28.6 Å². The van der Waals surface area contributed by atoms with Crippen LogP contribution in [0.25, 0.3) is 0 Å². The summed E-state index contributed by atoms with van der Waals surface area (Å²) in [4.78, 5) is 37.7. The van der Waals surface area contributed by atoms with Crippen molar-refractivity contribution >= 4 is 17.9 Å². The molecule has 0 radical (unpaired) electrons. The first kappa shape index (κ1) is 52.2. The lowest BCUT2D eigenvalue weighted by molar-refractivity contribution is -0.167. The predicted molar refractivity (Wildman–Crippen MR) is 229 cm³/mol. The van der Waals surface area contributed by atoms with Crippen LogP contribution in [0.5, 0.6) is 0 Å². The molecule has 0 bridgehead atoms. The number of hydrogen-bond donors (Lipinski definition) is 0. The van der Waals surface area contributed by atoms with Crippen LogP contribution in [0, 0.1) is 0 Å². The summed E-state index contributed by atoms with van der Waals surface area (Å²) in [6.07, 6.45) is 46.1. The Hall–Kier alpha value is -1.85. The summed E-state index contributed by atoms with van der Waals surface area (Å²) in [6, 6.07) is 0. The summed E-state index contributed by atoms with van der Waals surface area (Å²) in [7, 11) is 0. The van der Waals surface area contributed by atoms with Crippen molar-refractivity contribution in [1.29, 1.82) is 0 Å². The van der Waals surface area contributed by atoms with E-state index in [2.05, 4.69) is 32.9 Å². The van der Waals surface area contributed by atoms with E-state index in [-0.39, 0.29) is 31.1 Å². The third kappa shape index (κ3) is 41.3. The minimum atomic E-state index is -0.764. The molecular formula is C48H90O6. The van der Waals surface area contributed by atoms with E-state index in [0.717, 1.165) is 64.2 Å². The number of rotatable bonds is 43. The van der Waals surface area contributed by atoms with Gasteiger partial charge in [-0.1, -0.05) is 206 Å². The van der Waals surface area contributed by atoms with Crippen molar-refractivity contribution in [3.8, 4) is 0 Å². The van der Waals surface area contributed by atoms with Crippen LogP contribution in [0.1, 0.15) is 258 Å². The highest BCUT2D eigenvalue weighted by molar-refractivity contribution is 5.71. The first-order valence-electron chi connectivity index (χ1n) is 23.7. The van der Waals surface area contributed by atoms with E-state index in [9.17, 15) is 14.4 Å². The van der Waals surface area contributed by atoms with E-state index in [0.29, 0.717) is 19.3 Å². The number of ether oxygens (including phenoxy) is 3. The van der Waals surface area contributed by atoms with Crippen LogP contribution >= 0.6 is 0 Å². The lowest BCUT2D eigenvalue weighted by atomic mass is 10.0. The smallest absolute Gasteiger partial charge is 0.306 e. The second kappa shape index (κ2) is 43.9. The average Bonchev–Trinajstić information content (AvgIpc) is 3.17. The molecule has 0 N–H and O–H groups in total. The molecule has 1 unspecified atom stereocenters. The maximum Gasteiger partial charge on any atom is 0.306 e. The quantitative estimate of drug-likeness (QED) is 0.0266. The molecule has 0 rings (SSSR count). The lowest BCUT2D eigenvalue weighted by Gasteiger charge is -2.18. The molecule has 0 aliphatic heterocycles. The van der Waals surface area contributed by atoms with E-state index in [1.54, 1.807) is 0 Å². The molecule has 0 aromatic heterocycles. The van der Waals surface area contributed by atoms with Crippen LogP contribution in [0.4, 0.5) is 0 Å². The fourth-order valence-electron chi connectivity index (χ4n) is 6.91. The minimum Gasteiger partial charge on any atom is -0.462 e. The summed E-state index contributed by atoms with van der Waals surface area (Å²) in [5, 5.41) is 0. The van der Waals surface area contributed by atoms with Crippen LogP contribution in [-0.4, -0.2) is 37.2 Å². The molecule has 0 aliphatic rings. The summed E-state index contributed by atoms with van der Waals surface area (Å²) in [5.74, 6) is -0.868. The minimum absolute atomic E-state index is 0.0681. The van der Waals surface area contributed by atoms with Crippen molar-refractivity contribution in [2.75, 3.05) is 13.2 Å². The maximum atomic E-state index is 12.7. The Labute approximate surface area is 335 Å². The Morgan fingerprint density at radius 1 is 0.352 bits per heavy atom. The van der Waals surface area contributed by atoms with Crippen molar-refractivity contribution in [2.45, 2.75) is 264 Å². The summed E-state index contributed by atoms with van der Waals surface area (Å²) in [5.41, 5.74) is 0. The lowest BCUT2D eigenvalue weighted by Crippen LogP contribution is -2.30. The van der Waals surface area contributed by atoms with E-state index >= 15 is 0 Å². The largest absolute Gasteiger partial charge is 0.462 e. The molecule has 0 fully saturated rings. The third-order valence-electron chi connectivity index (χ3n) is 10.5. The van der Waals surface area contributed by atoms with Crippen molar-refractivity contribution in [3.05, 3.63) is 12.2 Å². The van der Waals surface area contributed by atoms with Gasteiger partial charge in [-0.15, -0.1) is 0 Å². The molecule has 318 valence electrons. The Kier molecular flexibility index (Phi) is 42.4. The van der Waals surface area contributed by atoms with Gasteiger partial charge in [-0.25, -0.2) is 0 Å².